The zero-order chi connectivity index (χ0) is 17.5. The lowest BCUT2D eigenvalue weighted by Crippen LogP contribution is -2.20. The van der Waals surface area contributed by atoms with Crippen LogP contribution < -0.4 is 5.32 Å². The third kappa shape index (κ3) is 4.36. The van der Waals surface area contributed by atoms with E-state index in [9.17, 15) is 4.79 Å². The van der Waals surface area contributed by atoms with Gasteiger partial charge in [0.05, 0.1) is 17.4 Å². The summed E-state index contributed by atoms with van der Waals surface area (Å²) in [5.41, 5.74) is 4.60. The first-order valence-electron chi connectivity index (χ1n) is 8.19. The second-order valence-electron chi connectivity index (χ2n) is 5.78. The fraction of sp³-hybridized carbons (Fsp3) is 0.350. The molecule has 0 saturated heterocycles. The zero-order valence-electron chi connectivity index (χ0n) is 14.8. The first kappa shape index (κ1) is 18.0. The van der Waals surface area contributed by atoms with Crippen LogP contribution in [0.1, 0.15) is 34.8 Å². The lowest BCUT2D eigenvalue weighted by atomic mass is 10.1. The fourth-order valence-corrected chi connectivity index (χ4v) is 2.40. The number of benzene rings is 2. The standard InChI is InChI=1S/C20H25NO3/c1-5-16(23-4)13-24-20(22)17-10-6-7-11-19(17)21-18-12-8-9-14(2)15(18)3/h6-12,16,21H,5,13H2,1-4H3. The summed E-state index contributed by atoms with van der Waals surface area (Å²) in [6.07, 6.45) is 0.722. The average molecular weight is 327 g/mol. The van der Waals surface area contributed by atoms with Crippen molar-refractivity contribution in [2.24, 2.45) is 0 Å². The van der Waals surface area contributed by atoms with Gasteiger partial charge in [0.15, 0.2) is 0 Å². The summed E-state index contributed by atoms with van der Waals surface area (Å²) in [7, 11) is 1.62. The number of rotatable bonds is 7. The van der Waals surface area contributed by atoms with Crippen molar-refractivity contribution >= 4 is 17.3 Å². The van der Waals surface area contributed by atoms with E-state index in [-0.39, 0.29) is 18.7 Å². The second-order valence-corrected chi connectivity index (χ2v) is 5.78. The molecule has 0 aliphatic carbocycles. The van der Waals surface area contributed by atoms with E-state index in [1.807, 2.05) is 37.3 Å². The highest BCUT2D eigenvalue weighted by molar-refractivity contribution is 5.96. The summed E-state index contributed by atoms with van der Waals surface area (Å²) in [5, 5.41) is 3.35. The van der Waals surface area contributed by atoms with Gasteiger partial charge in [0.1, 0.15) is 6.61 Å². The van der Waals surface area contributed by atoms with Crippen LogP contribution in [-0.4, -0.2) is 25.8 Å². The Bertz CT molecular complexity index is 693. The van der Waals surface area contributed by atoms with Crippen LogP contribution in [0.3, 0.4) is 0 Å². The number of methoxy groups -OCH3 is 1. The van der Waals surface area contributed by atoms with E-state index in [4.69, 9.17) is 9.47 Å². The molecule has 0 aliphatic rings. The van der Waals surface area contributed by atoms with Gasteiger partial charge in [0.2, 0.25) is 0 Å². The molecule has 2 aromatic rings. The highest BCUT2D eigenvalue weighted by atomic mass is 16.6. The minimum Gasteiger partial charge on any atom is -0.459 e. The van der Waals surface area contributed by atoms with Crippen LogP contribution in [0, 0.1) is 13.8 Å². The molecule has 0 radical (unpaired) electrons. The van der Waals surface area contributed by atoms with Gasteiger partial charge in [0.25, 0.3) is 0 Å². The molecule has 1 unspecified atom stereocenters. The molecule has 0 bridgehead atoms. The number of carbonyl (C=O) groups excluding carboxylic acids is 1. The van der Waals surface area contributed by atoms with Crippen molar-refractivity contribution in [1.29, 1.82) is 0 Å². The van der Waals surface area contributed by atoms with Crippen LogP contribution in [-0.2, 0) is 9.47 Å². The maximum absolute atomic E-state index is 12.4. The highest BCUT2D eigenvalue weighted by Crippen LogP contribution is 2.25. The average Bonchev–Trinajstić information content (AvgIpc) is 2.60. The van der Waals surface area contributed by atoms with E-state index in [1.165, 1.54) is 5.56 Å². The van der Waals surface area contributed by atoms with Gasteiger partial charge in [-0.15, -0.1) is 0 Å². The van der Waals surface area contributed by atoms with Gasteiger partial charge in [-0.05, 0) is 49.6 Å². The SMILES string of the molecule is CCC(COC(=O)c1ccccc1Nc1cccc(C)c1C)OC. The molecular weight excluding hydrogens is 302 g/mol. The summed E-state index contributed by atoms with van der Waals surface area (Å²) < 4.78 is 10.6. The Labute approximate surface area is 143 Å². The Morgan fingerprint density at radius 3 is 2.50 bits per heavy atom. The maximum Gasteiger partial charge on any atom is 0.340 e. The van der Waals surface area contributed by atoms with E-state index in [0.29, 0.717) is 5.56 Å². The topological polar surface area (TPSA) is 47.6 Å². The van der Waals surface area contributed by atoms with Crippen LogP contribution >= 0.6 is 0 Å². The number of para-hydroxylation sites is 1. The number of anilines is 2. The number of ether oxygens (including phenoxy) is 2. The predicted octanol–water partition coefficient (Wildman–Crippen LogP) is 4.63. The number of hydrogen-bond acceptors (Lipinski definition) is 4. The Balaban J connectivity index is 2.18. The fourth-order valence-electron chi connectivity index (χ4n) is 2.40. The second kappa shape index (κ2) is 8.50. The Morgan fingerprint density at radius 2 is 1.79 bits per heavy atom. The largest absolute Gasteiger partial charge is 0.459 e. The lowest BCUT2D eigenvalue weighted by molar-refractivity contribution is 0.00980. The van der Waals surface area contributed by atoms with Crippen molar-refractivity contribution in [1.82, 2.24) is 0 Å². The molecule has 4 nitrogen and oxygen atoms in total. The van der Waals surface area contributed by atoms with Gasteiger partial charge in [0, 0.05) is 12.8 Å². The van der Waals surface area contributed by atoms with E-state index >= 15 is 0 Å². The Morgan fingerprint density at radius 1 is 1.08 bits per heavy atom. The van der Waals surface area contributed by atoms with Gasteiger partial charge in [-0.2, -0.15) is 0 Å². The van der Waals surface area contributed by atoms with Crippen LogP contribution in [0.2, 0.25) is 0 Å². The molecule has 1 N–H and O–H groups in total. The normalized spacial score (nSPS) is 11.8. The summed E-state index contributed by atoms with van der Waals surface area (Å²) >= 11 is 0. The van der Waals surface area contributed by atoms with Crippen molar-refractivity contribution in [3.8, 4) is 0 Å². The third-order valence-electron chi connectivity index (χ3n) is 4.21. The molecule has 0 aromatic heterocycles. The van der Waals surface area contributed by atoms with Crippen molar-refractivity contribution in [2.75, 3.05) is 19.0 Å². The molecule has 1 atom stereocenters. The molecule has 128 valence electrons. The summed E-state index contributed by atoms with van der Waals surface area (Å²) in [6, 6.07) is 13.4. The van der Waals surface area contributed by atoms with E-state index in [0.717, 1.165) is 23.4 Å². The molecule has 0 aliphatic heterocycles. The van der Waals surface area contributed by atoms with Gasteiger partial charge < -0.3 is 14.8 Å². The van der Waals surface area contributed by atoms with Gasteiger partial charge in [-0.1, -0.05) is 31.2 Å². The summed E-state index contributed by atoms with van der Waals surface area (Å²) in [5.74, 6) is -0.348. The molecule has 24 heavy (non-hydrogen) atoms. The van der Waals surface area contributed by atoms with Gasteiger partial charge in [-0.25, -0.2) is 4.79 Å². The van der Waals surface area contributed by atoms with Crippen molar-refractivity contribution < 1.29 is 14.3 Å². The molecule has 0 fully saturated rings. The smallest absolute Gasteiger partial charge is 0.340 e. The summed E-state index contributed by atoms with van der Waals surface area (Å²) in [4.78, 5) is 12.4. The van der Waals surface area contributed by atoms with Crippen LogP contribution in [0.25, 0.3) is 0 Å². The minimum atomic E-state index is -0.348. The molecule has 4 heteroatoms. The molecule has 0 spiro atoms. The Hall–Kier alpha value is -2.33. The first-order chi connectivity index (χ1) is 11.6. The maximum atomic E-state index is 12.4. The molecule has 2 aromatic carbocycles. The molecular formula is C20H25NO3. The van der Waals surface area contributed by atoms with Gasteiger partial charge >= 0.3 is 5.97 Å². The molecule has 0 amide bonds. The summed E-state index contributed by atoms with van der Waals surface area (Å²) in [6.45, 7) is 6.38. The number of esters is 1. The van der Waals surface area contributed by atoms with E-state index < -0.39 is 0 Å². The van der Waals surface area contributed by atoms with Crippen molar-refractivity contribution in [2.45, 2.75) is 33.3 Å². The van der Waals surface area contributed by atoms with Crippen molar-refractivity contribution in [3.63, 3.8) is 0 Å². The third-order valence-corrected chi connectivity index (χ3v) is 4.21. The highest BCUT2D eigenvalue weighted by Gasteiger charge is 2.15. The first-order valence-corrected chi connectivity index (χ1v) is 8.19. The Kier molecular flexibility index (Phi) is 6.38. The lowest BCUT2D eigenvalue weighted by Gasteiger charge is -2.16. The quantitative estimate of drug-likeness (QED) is 0.753. The predicted molar refractivity (Wildman–Crippen MR) is 97.0 cm³/mol. The van der Waals surface area contributed by atoms with E-state index in [1.54, 1.807) is 13.2 Å². The molecule has 0 heterocycles. The number of hydrogen-bond donors (Lipinski definition) is 1. The number of nitrogens with one attached hydrogen (secondary N) is 1. The molecule has 0 saturated carbocycles. The van der Waals surface area contributed by atoms with Crippen LogP contribution in [0.4, 0.5) is 11.4 Å². The van der Waals surface area contributed by atoms with Crippen LogP contribution in [0.5, 0.6) is 0 Å². The van der Waals surface area contributed by atoms with Crippen molar-refractivity contribution in [3.05, 3.63) is 59.2 Å². The number of carbonyl (C=O) groups is 1. The molecule has 2 rings (SSSR count). The van der Waals surface area contributed by atoms with Crippen LogP contribution in [0.15, 0.2) is 42.5 Å². The minimum absolute atomic E-state index is 0.0758. The monoisotopic (exact) mass is 327 g/mol. The van der Waals surface area contributed by atoms with E-state index in [2.05, 4.69) is 25.2 Å². The van der Waals surface area contributed by atoms with Gasteiger partial charge in [-0.3, -0.25) is 0 Å². The zero-order valence-corrected chi connectivity index (χ0v) is 14.8. The number of aryl methyl sites for hydroxylation is 1.